The molecule has 0 N–H and O–H groups in total. The Labute approximate surface area is 220 Å². The summed E-state index contributed by atoms with van der Waals surface area (Å²) in [6.07, 6.45) is 2.40. The molecule has 10 heteroatoms. The van der Waals surface area contributed by atoms with Crippen LogP contribution >= 0.6 is 15.9 Å². The zero-order valence-electron chi connectivity index (χ0n) is 20.4. The van der Waals surface area contributed by atoms with Crippen molar-refractivity contribution >= 4 is 42.8 Å². The summed E-state index contributed by atoms with van der Waals surface area (Å²) < 4.78 is 31.0. The molecule has 0 saturated carbocycles. The van der Waals surface area contributed by atoms with Crippen molar-refractivity contribution in [3.63, 3.8) is 0 Å². The summed E-state index contributed by atoms with van der Waals surface area (Å²) in [5.41, 5.74) is 2.59. The van der Waals surface area contributed by atoms with E-state index in [4.69, 9.17) is 15.1 Å². The SMILES string of the molecule is CCCc1nc(N2CCCN(S(=O)(=O)c3ccc(Br)cc3)CC2)c2c(C)nn(-c3ccccc3)c2n1. The molecule has 0 amide bonds. The summed E-state index contributed by atoms with van der Waals surface area (Å²) in [4.78, 5) is 12.4. The standard InChI is InChI=1S/C26H29BrN6O2S/c1-3-8-23-28-25(24-19(2)30-33(26(24)29-23)21-9-5-4-6-10-21)31-15-7-16-32(18-17-31)36(34,35)22-13-11-20(27)12-14-22/h4-6,9-14H,3,7-8,15-18H2,1-2H3. The molecule has 1 fully saturated rings. The number of nitrogens with zero attached hydrogens (tertiary/aromatic N) is 6. The van der Waals surface area contributed by atoms with E-state index in [0.29, 0.717) is 37.5 Å². The van der Waals surface area contributed by atoms with Crippen LogP contribution in [-0.4, -0.2) is 58.7 Å². The van der Waals surface area contributed by atoms with Crippen LogP contribution in [0.5, 0.6) is 0 Å². The molecule has 8 nitrogen and oxygen atoms in total. The zero-order valence-corrected chi connectivity index (χ0v) is 22.8. The van der Waals surface area contributed by atoms with E-state index in [1.807, 2.05) is 41.9 Å². The topological polar surface area (TPSA) is 84.2 Å². The maximum Gasteiger partial charge on any atom is 0.243 e. The normalized spacial score (nSPS) is 15.4. The molecule has 0 bridgehead atoms. The Balaban J connectivity index is 1.51. The van der Waals surface area contributed by atoms with Crippen molar-refractivity contribution in [3.05, 3.63) is 70.6 Å². The molecule has 0 radical (unpaired) electrons. The number of anilines is 1. The number of benzene rings is 2. The summed E-state index contributed by atoms with van der Waals surface area (Å²) in [7, 11) is -3.57. The smallest absolute Gasteiger partial charge is 0.243 e. The monoisotopic (exact) mass is 568 g/mol. The first-order chi connectivity index (χ1) is 17.4. The number of hydrogen-bond acceptors (Lipinski definition) is 6. The average Bonchev–Trinajstić information content (AvgIpc) is 3.04. The van der Waals surface area contributed by atoms with Gasteiger partial charge in [0.15, 0.2) is 5.65 Å². The molecule has 0 unspecified atom stereocenters. The molecule has 2 aromatic heterocycles. The van der Waals surface area contributed by atoms with Crippen molar-refractivity contribution in [1.29, 1.82) is 0 Å². The van der Waals surface area contributed by atoms with Gasteiger partial charge in [0.2, 0.25) is 10.0 Å². The number of halogens is 1. The quantitative estimate of drug-likeness (QED) is 0.334. The predicted molar refractivity (Wildman–Crippen MR) is 145 cm³/mol. The Hall–Kier alpha value is -2.82. The second kappa shape index (κ2) is 10.3. The van der Waals surface area contributed by atoms with Crippen molar-refractivity contribution in [2.45, 2.75) is 38.0 Å². The maximum absolute atomic E-state index is 13.3. The van der Waals surface area contributed by atoms with Gasteiger partial charge in [0.25, 0.3) is 0 Å². The lowest BCUT2D eigenvalue weighted by atomic mass is 10.2. The van der Waals surface area contributed by atoms with Gasteiger partial charge in [-0.1, -0.05) is 41.1 Å². The molecule has 2 aromatic carbocycles. The molecule has 4 aromatic rings. The highest BCUT2D eigenvalue weighted by Gasteiger charge is 2.29. The third-order valence-corrected chi connectivity index (χ3v) is 8.85. The van der Waals surface area contributed by atoms with Crippen molar-refractivity contribution in [2.24, 2.45) is 0 Å². The average molecular weight is 570 g/mol. The second-order valence-corrected chi connectivity index (χ2v) is 11.8. The van der Waals surface area contributed by atoms with Crippen LogP contribution in [0.2, 0.25) is 0 Å². The molecule has 3 heterocycles. The maximum atomic E-state index is 13.3. The van der Waals surface area contributed by atoms with Crippen molar-refractivity contribution in [1.82, 2.24) is 24.1 Å². The zero-order chi connectivity index (χ0) is 25.3. The fourth-order valence-corrected chi connectivity index (χ4v) is 6.35. The minimum atomic E-state index is -3.57. The first kappa shape index (κ1) is 24.9. The lowest BCUT2D eigenvalue weighted by molar-refractivity contribution is 0.433. The molecule has 0 spiro atoms. The van der Waals surface area contributed by atoms with Crippen molar-refractivity contribution < 1.29 is 8.42 Å². The number of rotatable bonds is 6. The van der Waals surface area contributed by atoms with Gasteiger partial charge in [0.1, 0.15) is 11.6 Å². The van der Waals surface area contributed by atoms with Crippen molar-refractivity contribution in [3.8, 4) is 5.69 Å². The largest absolute Gasteiger partial charge is 0.355 e. The molecule has 1 aliphatic rings. The van der Waals surface area contributed by atoms with Crippen molar-refractivity contribution in [2.75, 3.05) is 31.1 Å². The molecule has 188 valence electrons. The van der Waals surface area contributed by atoms with E-state index in [1.54, 1.807) is 28.6 Å². The minimum absolute atomic E-state index is 0.314. The van der Waals surface area contributed by atoms with Crippen LogP contribution in [0.4, 0.5) is 5.82 Å². The van der Waals surface area contributed by atoms with Crippen LogP contribution in [0, 0.1) is 6.92 Å². The van der Waals surface area contributed by atoms with E-state index in [-0.39, 0.29) is 0 Å². The Bertz CT molecular complexity index is 1470. The molecule has 0 aliphatic carbocycles. The van der Waals surface area contributed by atoms with E-state index in [0.717, 1.165) is 51.4 Å². The molecule has 5 rings (SSSR count). The number of aryl methyl sites for hydroxylation is 2. The molecular formula is C26H29BrN6O2S. The number of aromatic nitrogens is 4. The summed E-state index contributed by atoms with van der Waals surface area (Å²) in [5, 5.41) is 5.74. The Morgan fingerprint density at radius 1 is 0.944 bits per heavy atom. The lowest BCUT2D eigenvalue weighted by Gasteiger charge is -2.24. The first-order valence-corrected chi connectivity index (χ1v) is 14.4. The van der Waals surface area contributed by atoms with Gasteiger partial charge in [-0.05, 0) is 56.2 Å². The van der Waals surface area contributed by atoms with Gasteiger partial charge in [-0.2, -0.15) is 9.40 Å². The summed E-state index contributed by atoms with van der Waals surface area (Å²) >= 11 is 3.38. The lowest BCUT2D eigenvalue weighted by Crippen LogP contribution is -2.35. The van der Waals surface area contributed by atoms with Crippen LogP contribution in [-0.2, 0) is 16.4 Å². The number of sulfonamides is 1. The summed E-state index contributed by atoms with van der Waals surface area (Å²) in [6.45, 7) is 6.20. The van der Waals surface area contributed by atoms with Gasteiger partial charge in [-0.25, -0.2) is 23.1 Å². The molecule has 0 atom stereocenters. The van der Waals surface area contributed by atoms with Crippen LogP contribution in [0.15, 0.2) is 64.0 Å². The minimum Gasteiger partial charge on any atom is -0.355 e. The van der Waals surface area contributed by atoms with E-state index in [2.05, 4.69) is 27.8 Å². The molecular weight excluding hydrogens is 540 g/mol. The fraction of sp³-hybridized carbons (Fsp3) is 0.346. The third-order valence-electron chi connectivity index (χ3n) is 6.41. The highest BCUT2D eigenvalue weighted by atomic mass is 79.9. The van der Waals surface area contributed by atoms with Gasteiger partial charge in [0.05, 0.1) is 21.7 Å². The van der Waals surface area contributed by atoms with Gasteiger partial charge in [-0.15, -0.1) is 0 Å². The van der Waals surface area contributed by atoms with Crippen LogP contribution in [0.1, 0.15) is 31.3 Å². The van der Waals surface area contributed by atoms with Gasteiger partial charge < -0.3 is 4.90 Å². The van der Waals surface area contributed by atoms with Crippen LogP contribution < -0.4 is 4.90 Å². The Morgan fingerprint density at radius 3 is 2.42 bits per heavy atom. The van der Waals surface area contributed by atoms with Gasteiger partial charge >= 0.3 is 0 Å². The number of hydrogen-bond donors (Lipinski definition) is 0. The van der Waals surface area contributed by atoms with Crippen LogP contribution in [0.25, 0.3) is 16.7 Å². The number of para-hydroxylation sites is 1. The summed E-state index contributed by atoms with van der Waals surface area (Å²) in [5.74, 6) is 1.62. The van der Waals surface area contributed by atoms with E-state index in [9.17, 15) is 8.42 Å². The number of fused-ring (bicyclic) bond motifs is 1. The van der Waals surface area contributed by atoms with E-state index in [1.165, 1.54) is 0 Å². The Morgan fingerprint density at radius 2 is 1.69 bits per heavy atom. The van der Waals surface area contributed by atoms with Gasteiger partial charge in [-0.3, -0.25) is 0 Å². The predicted octanol–water partition coefficient (Wildman–Crippen LogP) is 4.74. The highest BCUT2D eigenvalue weighted by Crippen LogP contribution is 2.30. The van der Waals surface area contributed by atoms with E-state index < -0.39 is 10.0 Å². The molecule has 36 heavy (non-hydrogen) atoms. The third kappa shape index (κ3) is 4.77. The molecule has 1 aliphatic heterocycles. The van der Waals surface area contributed by atoms with Gasteiger partial charge in [0, 0.05) is 37.1 Å². The summed E-state index contributed by atoms with van der Waals surface area (Å²) in [6, 6.07) is 16.8. The van der Waals surface area contributed by atoms with E-state index >= 15 is 0 Å². The first-order valence-electron chi connectivity index (χ1n) is 12.2. The van der Waals surface area contributed by atoms with Crippen LogP contribution in [0.3, 0.4) is 0 Å². The Kier molecular flexibility index (Phi) is 7.09. The fourth-order valence-electron chi connectivity index (χ4n) is 4.62. The highest BCUT2D eigenvalue weighted by molar-refractivity contribution is 9.10. The second-order valence-electron chi connectivity index (χ2n) is 8.94. The molecule has 1 saturated heterocycles.